The molecule has 0 spiro atoms. The highest BCUT2D eigenvalue weighted by molar-refractivity contribution is 5.66. The number of rotatable bonds is 2. The Balaban J connectivity index is 2.26. The van der Waals surface area contributed by atoms with Crippen LogP contribution >= 0.6 is 0 Å². The molecule has 0 atom stereocenters. The van der Waals surface area contributed by atoms with Crippen LogP contribution in [0.2, 0.25) is 0 Å². The minimum atomic E-state index is 0.787. The van der Waals surface area contributed by atoms with Gasteiger partial charge in [0.1, 0.15) is 0 Å². The summed E-state index contributed by atoms with van der Waals surface area (Å²) in [6, 6.07) is 14.1. The van der Waals surface area contributed by atoms with E-state index >= 15 is 0 Å². The van der Waals surface area contributed by atoms with Gasteiger partial charge in [-0.15, -0.1) is 0 Å². The van der Waals surface area contributed by atoms with Crippen molar-refractivity contribution in [3.05, 3.63) is 54.9 Å². The molecule has 0 radical (unpaired) electrons. The Hall–Kier alpha value is -2.29. The minimum Gasteiger partial charge on any atom is -0.493 e. The van der Waals surface area contributed by atoms with Crippen molar-refractivity contribution in [1.82, 2.24) is 9.38 Å². The summed E-state index contributed by atoms with van der Waals surface area (Å²) in [5.41, 5.74) is 3.06. The highest BCUT2D eigenvalue weighted by Gasteiger charge is 2.08. The Morgan fingerprint density at radius 2 is 1.88 bits per heavy atom. The van der Waals surface area contributed by atoms with Crippen molar-refractivity contribution in [3.63, 3.8) is 0 Å². The predicted octanol–water partition coefficient (Wildman–Crippen LogP) is 3.01. The van der Waals surface area contributed by atoms with Crippen LogP contribution in [-0.2, 0) is 0 Å². The first kappa shape index (κ1) is 9.90. The zero-order valence-corrected chi connectivity index (χ0v) is 9.50. The third-order valence-corrected chi connectivity index (χ3v) is 2.79. The van der Waals surface area contributed by atoms with E-state index in [4.69, 9.17) is 4.74 Å². The van der Waals surface area contributed by atoms with Crippen LogP contribution < -0.4 is 4.74 Å². The van der Waals surface area contributed by atoms with Crippen LogP contribution in [0, 0.1) is 0 Å². The largest absolute Gasteiger partial charge is 0.493 e. The molecule has 3 aromatic rings. The molecule has 2 heterocycles. The number of pyridine rings is 1. The average molecular weight is 224 g/mol. The number of nitrogens with zero attached hydrogens (tertiary/aromatic N) is 2. The van der Waals surface area contributed by atoms with Crippen LogP contribution in [0.4, 0.5) is 0 Å². The Kier molecular flexibility index (Phi) is 2.29. The molecule has 2 aromatic heterocycles. The fourth-order valence-corrected chi connectivity index (χ4v) is 1.97. The number of hydrogen-bond donors (Lipinski definition) is 0. The molecule has 0 aliphatic rings. The van der Waals surface area contributed by atoms with E-state index in [0.717, 1.165) is 22.7 Å². The molecule has 0 N–H and O–H groups in total. The monoisotopic (exact) mass is 224 g/mol. The van der Waals surface area contributed by atoms with Crippen molar-refractivity contribution < 1.29 is 4.74 Å². The van der Waals surface area contributed by atoms with Crippen LogP contribution in [0.15, 0.2) is 54.9 Å². The van der Waals surface area contributed by atoms with Gasteiger partial charge in [0.2, 0.25) is 0 Å². The second-order valence-electron chi connectivity index (χ2n) is 3.78. The number of methoxy groups -OCH3 is 1. The maximum Gasteiger partial charge on any atom is 0.180 e. The summed E-state index contributed by atoms with van der Waals surface area (Å²) in [5.74, 6) is 0.787. The van der Waals surface area contributed by atoms with Crippen molar-refractivity contribution >= 4 is 5.65 Å². The van der Waals surface area contributed by atoms with Crippen LogP contribution in [0.1, 0.15) is 0 Å². The van der Waals surface area contributed by atoms with E-state index in [1.54, 1.807) is 7.11 Å². The zero-order valence-electron chi connectivity index (χ0n) is 9.50. The van der Waals surface area contributed by atoms with Crippen LogP contribution in [0.25, 0.3) is 16.9 Å². The number of ether oxygens (including phenoxy) is 1. The van der Waals surface area contributed by atoms with Crippen molar-refractivity contribution in [3.8, 4) is 17.0 Å². The van der Waals surface area contributed by atoms with E-state index in [9.17, 15) is 0 Å². The molecule has 0 bridgehead atoms. The zero-order chi connectivity index (χ0) is 11.7. The molecule has 3 nitrogen and oxygen atoms in total. The Labute approximate surface area is 99.3 Å². The fraction of sp³-hybridized carbons (Fsp3) is 0.0714. The SMILES string of the molecule is COc1cccn2c(-c3ccccc3)cnc12. The van der Waals surface area contributed by atoms with E-state index in [1.165, 1.54) is 0 Å². The van der Waals surface area contributed by atoms with Gasteiger partial charge in [0, 0.05) is 11.8 Å². The van der Waals surface area contributed by atoms with Crippen LogP contribution in [0.5, 0.6) is 5.75 Å². The van der Waals surface area contributed by atoms with E-state index in [0.29, 0.717) is 0 Å². The lowest BCUT2D eigenvalue weighted by atomic mass is 10.2. The van der Waals surface area contributed by atoms with Gasteiger partial charge in [-0.05, 0) is 12.1 Å². The molecule has 0 saturated heterocycles. The second kappa shape index (κ2) is 3.94. The first-order valence-corrected chi connectivity index (χ1v) is 5.45. The van der Waals surface area contributed by atoms with Gasteiger partial charge in [0.15, 0.2) is 11.4 Å². The number of benzene rings is 1. The summed E-state index contributed by atoms with van der Waals surface area (Å²) in [7, 11) is 1.66. The third-order valence-electron chi connectivity index (χ3n) is 2.79. The number of aromatic nitrogens is 2. The number of hydrogen-bond acceptors (Lipinski definition) is 2. The molecule has 0 unspecified atom stereocenters. The van der Waals surface area contributed by atoms with Crippen molar-refractivity contribution in [2.75, 3.05) is 7.11 Å². The summed E-state index contributed by atoms with van der Waals surface area (Å²) in [6.07, 6.45) is 3.86. The minimum absolute atomic E-state index is 0.787. The van der Waals surface area contributed by atoms with Gasteiger partial charge < -0.3 is 4.74 Å². The standard InChI is InChI=1S/C14H12N2O/c1-17-13-8-5-9-16-12(10-15-14(13)16)11-6-3-2-4-7-11/h2-10H,1H3. The highest BCUT2D eigenvalue weighted by Crippen LogP contribution is 2.25. The molecule has 0 saturated carbocycles. The van der Waals surface area contributed by atoms with Crippen LogP contribution in [0.3, 0.4) is 0 Å². The molecule has 3 rings (SSSR count). The Morgan fingerprint density at radius 1 is 1.06 bits per heavy atom. The Bertz CT molecular complexity index is 644. The predicted molar refractivity (Wildman–Crippen MR) is 67.2 cm³/mol. The lowest BCUT2D eigenvalue weighted by Crippen LogP contribution is -1.91. The van der Waals surface area contributed by atoms with Gasteiger partial charge >= 0.3 is 0 Å². The molecular weight excluding hydrogens is 212 g/mol. The molecule has 0 amide bonds. The van der Waals surface area contributed by atoms with Crippen molar-refractivity contribution in [1.29, 1.82) is 0 Å². The smallest absolute Gasteiger partial charge is 0.180 e. The van der Waals surface area contributed by atoms with Gasteiger partial charge in [-0.2, -0.15) is 0 Å². The van der Waals surface area contributed by atoms with Gasteiger partial charge in [0.05, 0.1) is 19.0 Å². The quantitative estimate of drug-likeness (QED) is 0.669. The third kappa shape index (κ3) is 1.56. The average Bonchev–Trinajstić information content (AvgIpc) is 2.83. The van der Waals surface area contributed by atoms with Gasteiger partial charge in [0.25, 0.3) is 0 Å². The normalized spacial score (nSPS) is 10.6. The second-order valence-corrected chi connectivity index (χ2v) is 3.78. The lowest BCUT2D eigenvalue weighted by molar-refractivity contribution is 0.417. The van der Waals surface area contributed by atoms with E-state index in [1.807, 2.05) is 47.1 Å². The first-order chi connectivity index (χ1) is 8.40. The van der Waals surface area contributed by atoms with Crippen molar-refractivity contribution in [2.45, 2.75) is 0 Å². The highest BCUT2D eigenvalue weighted by atomic mass is 16.5. The molecule has 3 heteroatoms. The van der Waals surface area contributed by atoms with Gasteiger partial charge in [-0.25, -0.2) is 4.98 Å². The Morgan fingerprint density at radius 3 is 2.65 bits per heavy atom. The summed E-state index contributed by atoms with van der Waals surface area (Å²) in [5, 5.41) is 0. The maximum atomic E-state index is 5.29. The summed E-state index contributed by atoms with van der Waals surface area (Å²) >= 11 is 0. The van der Waals surface area contributed by atoms with Crippen LogP contribution in [-0.4, -0.2) is 16.5 Å². The topological polar surface area (TPSA) is 26.5 Å². The molecule has 17 heavy (non-hydrogen) atoms. The molecule has 84 valence electrons. The molecule has 0 fully saturated rings. The summed E-state index contributed by atoms with van der Waals surface area (Å²) in [4.78, 5) is 4.40. The lowest BCUT2D eigenvalue weighted by Gasteiger charge is -2.04. The fourth-order valence-electron chi connectivity index (χ4n) is 1.97. The van der Waals surface area contributed by atoms with E-state index in [-0.39, 0.29) is 0 Å². The number of fused-ring (bicyclic) bond motifs is 1. The number of imidazole rings is 1. The molecule has 0 aliphatic carbocycles. The summed E-state index contributed by atoms with van der Waals surface area (Å²) < 4.78 is 7.33. The van der Waals surface area contributed by atoms with Gasteiger partial charge in [-0.3, -0.25) is 4.40 Å². The molecular formula is C14H12N2O. The van der Waals surface area contributed by atoms with Crippen molar-refractivity contribution in [2.24, 2.45) is 0 Å². The first-order valence-electron chi connectivity index (χ1n) is 5.45. The van der Waals surface area contributed by atoms with E-state index in [2.05, 4.69) is 17.1 Å². The molecule has 0 aliphatic heterocycles. The van der Waals surface area contributed by atoms with E-state index < -0.39 is 0 Å². The maximum absolute atomic E-state index is 5.29. The molecule has 1 aromatic carbocycles. The summed E-state index contributed by atoms with van der Waals surface area (Å²) in [6.45, 7) is 0. The van der Waals surface area contributed by atoms with Gasteiger partial charge in [-0.1, -0.05) is 30.3 Å².